The van der Waals surface area contributed by atoms with Crippen molar-refractivity contribution in [3.8, 4) is 5.75 Å². The van der Waals surface area contributed by atoms with Gasteiger partial charge in [0, 0.05) is 11.1 Å². The van der Waals surface area contributed by atoms with Crippen molar-refractivity contribution in [1.82, 2.24) is 0 Å². The number of ether oxygens (including phenoxy) is 1. The van der Waals surface area contributed by atoms with Gasteiger partial charge in [-0.1, -0.05) is 101 Å². The molecule has 2 aromatic carbocycles. The highest BCUT2D eigenvalue weighted by Gasteiger charge is 2.23. The SMILES string of the molecule is CCCC(N)(CC)c1ccc(/C=C/C=C/c2cccc(C(C)CC)c2OC)cc1. The fraction of sp³-hybridized carbons (Fsp3) is 0.407. The van der Waals surface area contributed by atoms with Crippen LogP contribution in [0, 0.1) is 0 Å². The summed E-state index contributed by atoms with van der Waals surface area (Å²) in [7, 11) is 1.75. The van der Waals surface area contributed by atoms with Crippen LogP contribution in [0.5, 0.6) is 5.75 Å². The van der Waals surface area contributed by atoms with Crippen molar-refractivity contribution < 1.29 is 4.74 Å². The van der Waals surface area contributed by atoms with E-state index < -0.39 is 0 Å². The maximum atomic E-state index is 6.59. The molecule has 2 heteroatoms. The summed E-state index contributed by atoms with van der Waals surface area (Å²) in [4.78, 5) is 0. The average Bonchev–Trinajstić information content (AvgIpc) is 2.76. The average molecular weight is 392 g/mol. The summed E-state index contributed by atoms with van der Waals surface area (Å²) in [5.41, 5.74) is 11.2. The highest BCUT2D eigenvalue weighted by Crippen LogP contribution is 2.32. The molecule has 2 aromatic rings. The summed E-state index contributed by atoms with van der Waals surface area (Å²) >= 11 is 0. The second-order valence-electron chi connectivity index (χ2n) is 7.88. The van der Waals surface area contributed by atoms with E-state index >= 15 is 0 Å². The van der Waals surface area contributed by atoms with Gasteiger partial charge in [-0.2, -0.15) is 0 Å². The number of hydrogen-bond donors (Lipinski definition) is 1. The quantitative estimate of drug-likeness (QED) is 0.431. The lowest BCUT2D eigenvalue weighted by atomic mass is 9.84. The third-order valence-electron chi connectivity index (χ3n) is 5.91. The first-order chi connectivity index (χ1) is 14.0. The second kappa shape index (κ2) is 11.0. The third kappa shape index (κ3) is 5.83. The van der Waals surface area contributed by atoms with Gasteiger partial charge in [0.05, 0.1) is 7.11 Å². The number of benzene rings is 2. The van der Waals surface area contributed by atoms with E-state index in [0.29, 0.717) is 5.92 Å². The molecule has 0 aromatic heterocycles. The first-order valence-electron chi connectivity index (χ1n) is 10.9. The largest absolute Gasteiger partial charge is 0.496 e. The summed E-state index contributed by atoms with van der Waals surface area (Å²) in [6.07, 6.45) is 12.5. The zero-order valence-corrected chi connectivity index (χ0v) is 18.7. The van der Waals surface area contributed by atoms with Crippen molar-refractivity contribution in [2.45, 2.75) is 64.8 Å². The van der Waals surface area contributed by atoms with E-state index in [1.165, 1.54) is 16.7 Å². The predicted octanol–water partition coefficient (Wildman–Crippen LogP) is 7.30. The molecule has 2 N–H and O–H groups in total. The normalized spacial score (nSPS) is 15.0. The van der Waals surface area contributed by atoms with Crippen LogP contribution in [0.3, 0.4) is 0 Å². The van der Waals surface area contributed by atoms with Crippen molar-refractivity contribution >= 4 is 12.2 Å². The molecule has 156 valence electrons. The summed E-state index contributed by atoms with van der Waals surface area (Å²) in [6, 6.07) is 15.0. The summed E-state index contributed by atoms with van der Waals surface area (Å²) in [5.74, 6) is 1.46. The Hall–Kier alpha value is -2.32. The Morgan fingerprint density at radius 3 is 2.28 bits per heavy atom. The number of para-hydroxylation sites is 1. The van der Waals surface area contributed by atoms with Gasteiger partial charge in [0.25, 0.3) is 0 Å². The van der Waals surface area contributed by atoms with Gasteiger partial charge in [0.1, 0.15) is 5.75 Å². The van der Waals surface area contributed by atoms with Crippen LogP contribution in [-0.4, -0.2) is 7.11 Å². The van der Waals surface area contributed by atoms with Gasteiger partial charge in [-0.3, -0.25) is 0 Å². The molecule has 0 amide bonds. The maximum Gasteiger partial charge on any atom is 0.129 e. The summed E-state index contributed by atoms with van der Waals surface area (Å²) < 4.78 is 5.70. The van der Waals surface area contributed by atoms with Crippen LogP contribution >= 0.6 is 0 Å². The second-order valence-corrected chi connectivity index (χ2v) is 7.88. The van der Waals surface area contributed by atoms with Crippen molar-refractivity contribution in [3.63, 3.8) is 0 Å². The molecule has 0 spiro atoms. The number of allylic oxidation sites excluding steroid dienone is 2. The number of hydrogen-bond acceptors (Lipinski definition) is 2. The highest BCUT2D eigenvalue weighted by atomic mass is 16.5. The monoisotopic (exact) mass is 391 g/mol. The Kier molecular flexibility index (Phi) is 8.72. The highest BCUT2D eigenvalue weighted by molar-refractivity contribution is 5.63. The van der Waals surface area contributed by atoms with Gasteiger partial charge in [0.2, 0.25) is 0 Å². The molecular weight excluding hydrogens is 354 g/mol. The molecule has 0 saturated carbocycles. The molecule has 0 aliphatic heterocycles. The van der Waals surface area contributed by atoms with Gasteiger partial charge < -0.3 is 10.5 Å². The van der Waals surface area contributed by atoms with Crippen LogP contribution in [0.15, 0.2) is 54.6 Å². The van der Waals surface area contributed by atoms with Gasteiger partial charge in [-0.25, -0.2) is 0 Å². The Labute approximate surface area is 177 Å². The van der Waals surface area contributed by atoms with Crippen LogP contribution in [0.25, 0.3) is 12.2 Å². The minimum absolute atomic E-state index is 0.214. The van der Waals surface area contributed by atoms with Crippen LogP contribution < -0.4 is 10.5 Å². The van der Waals surface area contributed by atoms with Gasteiger partial charge in [-0.05, 0) is 41.9 Å². The fourth-order valence-corrected chi connectivity index (χ4v) is 3.77. The molecule has 0 bridgehead atoms. The first kappa shape index (κ1) is 23.0. The van der Waals surface area contributed by atoms with E-state index in [4.69, 9.17) is 10.5 Å². The Morgan fingerprint density at radius 2 is 1.69 bits per heavy atom. The molecule has 0 heterocycles. The van der Waals surface area contributed by atoms with Gasteiger partial charge in [-0.15, -0.1) is 0 Å². The van der Waals surface area contributed by atoms with Gasteiger partial charge >= 0.3 is 0 Å². The molecule has 0 saturated heterocycles. The Balaban J connectivity index is 2.13. The molecule has 2 unspecified atom stereocenters. The van der Waals surface area contributed by atoms with Crippen molar-refractivity contribution in [2.24, 2.45) is 5.73 Å². The first-order valence-corrected chi connectivity index (χ1v) is 10.9. The Morgan fingerprint density at radius 1 is 1.00 bits per heavy atom. The van der Waals surface area contributed by atoms with Crippen molar-refractivity contribution in [2.75, 3.05) is 7.11 Å². The lowest BCUT2D eigenvalue weighted by Crippen LogP contribution is -2.35. The van der Waals surface area contributed by atoms with E-state index in [2.05, 4.69) is 94.5 Å². The zero-order valence-electron chi connectivity index (χ0n) is 18.7. The molecule has 0 aliphatic carbocycles. The van der Waals surface area contributed by atoms with E-state index in [1.807, 2.05) is 0 Å². The van der Waals surface area contributed by atoms with E-state index in [9.17, 15) is 0 Å². The van der Waals surface area contributed by atoms with Crippen LogP contribution in [0.4, 0.5) is 0 Å². The lowest BCUT2D eigenvalue weighted by molar-refractivity contribution is 0.390. The lowest BCUT2D eigenvalue weighted by Gasteiger charge is -2.28. The van der Waals surface area contributed by atoms with E-state index in [0.717, 1.165) is 37.0 Å². The fourth-order valence-electron chi connectivity index (χ4n) is 3.77. The van der Waals surface area contributed by atoms with Gasteiger partial charge in [0.15, 0.2) is 0 Å². The molecule has 0 aliphatic rings. The van der Waals surface area contributed by atoms with Crippen molar-refractivity contribution in [1.29, 1.82) is 0 Å². The number of nitrogens with two attached hydrogens (primary N) is 1. The maximum absolute atomic E-state index is 6.59. The van der Waals surface area contributed by atoms with Crippen molar-refractivity contribution in [3.05, 3.63) is 76.9 Å². The molecular formula is C27H37NO. The van der Waals surface area contributed by atoms with Crippen LogP contribution in [-0.2, 0) is 5.54 Å². The minimum atomic E-state index is -0.214. The molecule has 0 fully saturated rings. The third-order valence-corrected chi connectivity index (χ3v) is 5.91. The topological polar surface area (TPSA) is 35.2 Å². The molecule has 2 rings (SSSR count). The van der Waals surface area contributed by atoms with E-state index in [-0.39, 0.29) is 5.54 Å². The smallest absolute Gasteiger partial charge is 0.129 e. The summed E-state index contributed by atoms with van der Waals surface area (Å²) in [5, 5.41) is 0. The predicted molar refractivity (Wildman–Crippen MR) is 127 cm³/mol. The Bertz CT molecular complexity index is 819. The number of methoxy groups -OCH3 is 1. The standard InChI is InChI=1S/C27H37NO/c1-6-20-27(28,8-3)24-18-16-22(17-19-24)12-9-10-13-23-14-11-15-25(21(4)7-2)26(23)29-5/h9-19,21H,6-8,20,28H2,1-5H3/b12-9+,13-10+. The van der Waals surface area contributed by atoms with Crippen LogP contribution in [0.2, 0.25) is 0 Å². The van der Waals surface area contributed by atoms with Crippen LogP contribution in [0.1, 0.15) is 81.5 Å². The number of rotatable bonds is 10. The summed E-state index contributed by atoms with van der Waals surface area (Å²) in [6.45, 7) is 8.80. The van der Waals surface area contributed by atoms with E-state index in [1.54, 1.807) is 7.11 Å². The molecule has 2 nitrogen and oxygen atoms in total. The molecule has 0 radical (unpaired) electrons. The zero-order chi connectivity index (χ0) is 21.3. The molecule has 29 heavy (non-hydrogen) atoms. The molecule has 2 atom stereocenters. The minimum Gasteiger partial charge on any atom is -0.496 e.